The van der Waals surface area contributed by atoms with Gasteiger partial charge in [-0.2, -0.15) is 5.10 Å². The first kappa shape index (κ1) is 13.8. The number of carbonyl (C=O) groups excluding carboxylic acids is 1. The monoisotopic (exact) mass is 275 g/mol. The normalized spacial score (nSPS) is 23.1. The van der Waals surface area contributed by atoms with Crippen molar-refractivity contribution in [2.45, 2.75) is 75.8 Å². The number of ketones is 1. The molecule has 0 aromatic carbocycles. The van der Waals surface area contributed by atoms with Gasteiger partial charge in [0, 0.05) is 6.20 Å². The van der Waals surface area contributed by atoms with Crippen LogP contribution < -0.4 is 5.73 Å². The molecule has 0 bridgehead atoms. The number of nitrogens with zero attached hydrogens (tertiary/aromatic N) is 2. The molecular weight excluding hydrogens is 250 g/mol. The van der Waals surface area contributed by atoms with Crippen LogP contribution in [0.3, 0.4) is 0 Å². The molecule has 2 N–H and O–H groups in total. The molecule has 0 aliphatic heterocycles. The second-order valence-electron chi connectivity index (χ2n) is 6.54. The second kappa shape index (κ2) is 5.68. The molecule has 0 saturated heterocycles. The maximum absolute atomic E-state index is 12.4. The Morgan fingerprint density at radius 1 is 1.25 bits per heavy atom. The Hall–Kier alpha value is -1.16. The van der Waals surface area contributed by atoms with Gasteiger partial charge < -0.3 is 5.73 Å². The first-order chi connectivity index (χ1) is 9.67. The molecule has 0 radical (unpaired) electrons. The van der Waals surface area contributed by atoms with E-state index in [-0.39, 0.29) is 5.78 Å². The molecule has 20 heavy (non-hydrogen) atoms. The van der Waals surface area contributed by atoms with Crippen LogP contribution in [-0.4, -0.2) is 21.1 Å². The predicted molar refractivity (Wildman–Crippen MR) is 78.4 cm³/mol. The van der Waals surface area contributed by atoms with E-state index >= 15 is 0 Å². The fraction of sp³-hybridized carbons (Fsp3) is 0.750. The summed E-state index contributed by atoms with van der Waals surface area (Å²) in [6, 6.07) is 2.53. The first-order valence-corrected chi connectivity index (χ1v) is 8.04. The third-order valence-corrected chi connectivity index (χ3v) is 5.01. The Bertz CT molecular complexity index is 468. The Labute approximate surface area is 120 Å². The quantitative estimate of drug-likeness (QED) is 0.919. The summed E-state index contributed by atoms with van der Waals surface area (Å²) >= 11 is 0. The zero-order valence-corrected chi connectivity index (χ0v) is 12.2. The largest absolute Gasteiger partial charge is 0.319 e. The van der Waals surface area contributed by atoms with E-state index in [1.165, 1.54) is 32.1 Å². The van der Waals surface area contributed by atoms with E-state index in [1.807, 2.05) is 12.3 Å². The SMILES string of the molecule is NC1(C(=O)Cc2ccn(C3CCCC3)n2)CCCCC1. The average molecular weight is 275 g/mol. The van der Waals surface area contributed by atoms with E-state index in [2.05, 4.69) is 9.78 Å². The maximum atomic E-state index is 12.4. The second-order valence-corrected chi connectivity index (χ2v) is 6.54. The smallest absolute Gasteiger partial charge is 0.158 e. The van der Waals surface area contributed by atoms with Crippen molar-refractivity contribution in [3.63, 3.8) is 0 Å². The van der Waals surface area contributed by atoms with Crippen LogP contribution in [0, 0.1) is 0 Å². The third-order valence-electron chi connectivity index (χ3n) is 5.01. The summed E-state index contributed by atoms with van der Waals surface area (Å²) in [4.78, 5) is 12.4. The fourth-order valence-corrected chi connectivity index (χ4v) is 3.65. The van der Waals surface area contributed by atoms with Gasteiger partial charge >= 0.3 is 0 Å². The minimum atomic E-state index is -0.588. The van der Waals surface area contributed by atoms with Gasteiger partial charge in [-0.15, -0.1) is 0 Å². The van der Waals surface area contributed by atoms with Gasteiger partial charge in [0.1, 0.15) is 0 Å². The van der Waals surface area contributed by atoms with Crippen molar-refractivity contribution in [1.29, 1.82) is 0 Å². The van der Waals surface area contributed by atoms with Crippen molar-refractivity contribution in [3.05, 3.63) is 18.0 Å². The Morgan fingerprint density at radius 2 is 1.95 bits per heavy atom. The standard InChI is InChI=1S/C16H25N3O/c17-16(9-4-1-5-10-16)15(20)12-13-8-11-19(18-13)14-6-2-3-7-14/h8,11,14H,1-7,9-10,12,17H2. The molecule has 0 unspecified atom stereocenters. The number of rotatable bonds is 4. The van der Waals surface area contributed by atoms with Gasteiger partial charge in [-0.05, 0) is 31.7 Å². The molecule has 2 fully saturated rings. The molecule has 0 spiro atoms. The van der Waals surface area contributed by atoms with Gasteiger partial charge in [-0.25, -0.2) is 0 Å². The lowest BCUT2D eigenvalue weighted by molar-refractivity contribution is -0.124. The average Bonchev–Trinajstić information content (AvgIpc) is 3.09. The molecule has 1 aromatic heterocycles. The molecule has 1 aromatic rings. The summed E-state index contributed by atoms with van der Waals surface area (Å²) in [6.07, 6.45) is 12.5. The summed E-state index contributed by atoms with van der Waals surface area (Å²) in [7, 11) is 0. The predicted octanol–water partition coefficient (Wildman–Crippen LogP) is 2.77. The van der Waals surface area contributed by atoms with Crippen molar-refractivity contribution < 1.29 is 4.79 Å². The minimum Gasteiger partial charge on any atom is -0.319 e. The van der Waals surface area contributed by atoms with E-state index in [0.29, 0.717) is 12.5 Å². The Kier molecular flexibility index (Phi) is 3.92. The van der Waals surface area contributed by atoms with Crippen molar-refractivity contribution in [1.82, 2.24) is 9.78 Å². The van der Waals surface area contributed by atoms with Crippen LogP contribution in [0.1, 0.15) is 69.5 Å². The van der Waals surface area contributed by atoms with Gasteiger partial charge in [-0.3, -0.25) is 9.48 Å². The Morgan fingerprint density at radius 3 is 2.65 bits per heavy atom. The van der Waals surface area contributed by atoms with Gasteiger partial charge in [0.25, 0.3) is 0 Å². The molecule has 0 amide bonds. The molecule has 4 heteroatoms. The highest BCUT2D eigenvalue weighted by atomic mass is 16.1. The summed E-state index contributed by atoms with van der Waals surface area (Å²) in [5.74, 6) is 0.175. The highest BCUT2D eigenvalue weighted by Crippen LogP contribution is 2.30. The van der Waals surface area contributed by atoms with E-state index in [9.17, 15) is 4.79 Å². The van der Waals surface area contributed by atoms with Gasteiger partial charge in [0.2, 0.25) is 0 Å². The van der Waals surface area contributed by atoms with Crippen molar-refractivity contribution in [2.24, 2.45) is 5.73 Å². The van der Waals surface area contributed by atoms with E-state index in [4.69, 9.17) is 5.73 Å². The highest BCUT2D eigenvalue weighted by Gasteiger charge is 2.35. The van der Waals surface area contributed by atoms with Gasteiger partial charge in [0.05, 0.1) is 23.7 Å². The fourth-order valence-electron chi connectivity index (χ4n) is 3.65. The van der Waals surface area contributed by atoms with Crippen LogP contribution in [0.15, 0.2) is 12.3 Å². The van der Waals surface area contributed by atoms with Crippen LogP contribution in [0.5, 0.6) is 0 Å². The molecule has 3 rings (SSSR count). The highest BCUT2D eigenvalue weighted by molar-refractivity contribution is 5.89. The van der Waals surface area contributed by atoms with Crippen molar-refractivity contribution >= 4 is 5.78 Å². The summed E-state index contributed by atoms with van der Waals surface area (Å²) in [6.45, 7) is 0. The Balaban J connectivity index is 1.63. The molecule has 2 saturated carbocycles. The summed E-state index contributed by atoms with van der Waals surface area (Å²) < 4.78 is 2.06. The topological polar surface area (TPSA) is 60.9 Å². The zero-order chi connectivity index (χ0) is 14.0. The lowest BCUT2D eigenvalue weighted by Gasteiger charge is -2.31. The van der Waals surface area contributed by atoms with E-state index in [0.717, 1.165) is 31.4 Å². The minimum absolute atomic E-state index is 0.175. The van der Waals surface area contributed by atoms with Crippen LogP contribution in [-0.2, 0) is 11.2 Å². The molecule has 0 atom stereocenters. The number of hydrogen-bond donors (Lipinski definition) is 1. The number of aromatic nitrogens is 2. The molecule has 2 aliphatic rings. The van der Waals surface area contributed by atoms with Crippen molar-refractivity contribution in [3.8, 4) is 0 Å². The van der Waals surface area contributed by atoms with E-state index in [1.54, 1.807) is 0 Å². The molecule has 1 heterocycles. The van der Waals surface area contributed by atoms with E-state index < -0.39 is 5.54 Å². The lowest BCUT2D eigenvalue weighted by Crippen LogP contribution is -2.50. The number of Topliss-reactive ketones (excluding diaryl/α,β-unsaturated/α-hetero) is 1. The van der Waals surface area contributed by atoms with Crippen LogP contribution in [0.25, 0.3) is 0 Å². The number of nitrogens with two attached hydrogens (primary N) is 1. The molecule has 110 valence electrons. The van der Waals surface area contributed by atoms with Gasteiger partial charge in [0.15, 0.2) is 5.78 Å². The summed E-state index contributed by atoms with van der Waals surface area (Å²) in [5.41, 5.74) is 6.59. The molecule has 4 nitrogen and oxygen atoms in total. The number of hydrogen-bond acceptors (Lipinski definition) is 3. The van der Waals surface area contributed by atoms with Gasteiger partial charge in [-0.1, -0.05) is 32.1 Å². The molecule has 2 aliphatic carbocycles. The van der Waals surface area contributed by atoms with Crippen LogP contribution >= 0.6 is 0 Å². The third kappa shape index (κ3) is 2.80. The maximum Gasteiger partial charge on any atom is 0.158 e. The number of carbonyl (C=O) groups is 1. The zero-order valence-electron chi connectivity index (χ0n) is 12.2. The lowest BCUT2D eigenvalue weighted by atomic mass is 9.78. The van der Waals surface area contributed by atoms with Crippen LogP contribution in [0.4, 0.5) is 0 Å². The van der Waals surface area contributed by atoms with Crippen LogP contribution in [0.2, 0.25) is 0 Å². The first-order valence-electron chi connectivity index (χ1n) is 8.04. The van der Waals surface area contributed by atoms with Crippen molar-refractivity contribution in [2.75, 3.05) is 0 Å². The summed E-state index contributed by atoms with van der Waals surface area (Å²) in [5, 5.41) is 4.60. The molecular formula is C16H25N3O.